The standard InChI is InChI=1S/C12H22N2O/c1-9(15)13-7-10-5-6-14(11(10)8-13)12(2,3)4/h10-11H,5-8H2,1-4H3. The Balaban J connectivity index is 2.08. The van der Waals surface area contributed by atoms with Crippen molar-refractivity contribution in [3.63, 3.8) is 0 Å². The van der Waals surface area contributed by atoms with Gasteiger partial charge in [-0.05, 0) is 39.7 Å². The molecule has 0 aromatic rings. The molecule has 3 nitrogen and oxygen atoms in total. The summed E-state index contributed by atoms with van der Waals surface area (Å²) in [6.45, 7) is 11.6. The molecule has 0 N–H and O–H groups in total. The van der Waals surface area contributed by atoms with Gasteiger partial charge in [-0.25, -0.2) is 0 Å². The van der Waals surface area contributed by atoms with Gasteiger partial charge in [0.1, 0.15) is 0 Å². The number of rotatable bonds is 0. The SMILES string of the molecule is CC(=O)N1CC2CCN(C(C)(C)C)C2C1. The highest BCUT2D eigenvalue weighted by atomic mass is 16.2. The third-order valence-electron chi connectivity index (χ3n) is 3.85. The van der Waals surface area contributed by atoms with Crippen LogP contribution in [-0.4, -0.2) is 46.9 Å². The number of carbonyl (C=O) groups excluding carboxylic acids is 1. The summed E-state index contributed by atoms with van der Waals surface area (Å²) in [5, 5.41) is 0. The number of hydrogen-bond donors (Lipinski definition) is 0. The summed E-state index contributed by atoms with van der Waals surface area (Å²) in [7, 11) is 0. The van der Waals surface area contributed by atoms with E-state index in [1.54, 1.807) is 6.92 Å². The molecular weight excluding hydrogens is 188 g/mol. The van der Waals surface area contributed by atoms with Crippen LogP contribution < -0.4 is 0 Å². The summed E-state index contributed by atoms with van der Waals surface area (Å²) in [4.78, 5) is 15.9. The molecule has 3 heteroatoms. The molecule has 0 bridgehead atoms. The fourth-order valence-electron chi connectivity index (χ4n) is 3.05. The highest BCUT2D eigenvalue weighted by Crippen LogP contribution is 2.35. The predicted octanol–water partition coefficient (Wildman–Crippen LogP) is 1.34. The molecule has 0 aromatic carbocycles. The number of likely N-dealkylation sites (tertiary alicyclic amines) is 2. The van der Waals surface area contributed by atoms with Crippen LogP contribution >= 0.6 is 0 Å². The minimum absolute atomic E-state index is 0.234. The van der Waals surface area contributed by atoms with Gasteiger partial charge < -0.3 is 4.90 Å². The Labute approximate surface area is 92.4 Å². The average Bonchev–Trinajstić information content (AvgIpc) is 2.56. The van der Waals surface area contributed by atoms with Gasteiger partial charge in [0.05, 0.1) is 0 Å². The van der Waals surface area contributed by atoms with Crippen molar-refractivity contribution >= 4 is 5.91 Å². The fraction of sp³-hybridized carbons (Fsp3) is 0.917. The third kappa shape index (κ3) is 1.89. The largest absolute Gasteiger partial charge is 0.341 e. The maximum atomic E-state index is 11.3. The van der Waals surface area contributed by atoms with Gasteiger partial charge in [-0.2, -0.15) is 0 Å². The Morgan fingerprint density at radius 1 is 1.27 bits per heavy atom. The number of amides is 1. The zero-order valence-corrected chi connectivity index (χ0v) is 10.3. The third-order valence-corrected chi connectivity index (χ3v) is 3.85. The van der Waals surface area contributed by atoms with Crippen LogP contribution in [0, 0.1) is 5.92 Å². The second kappa shape index (κ2) is 3.48. The van der Waals surface area contributed by atoms with Gasteiger partial charge in [0.2, 0.25) is 5.91 Å². The summed E-state index contributed by atoms with van der Waals surface area (Å²) in [6.07, 6.45) is 1.26. The normalized spacial score (nSPS) is 32.1. The molecule has 2 heterocycles. The molecule has 2 aliphatic rings. The van der Waals surface area contributed by atoms with E-state index in [-0.39, 0.29) is 11.4 Å². The predicted molar refractivity (Wildman–Crippen MR) is 60.6 cm³/mol. The van der Waals surface area contributed by atoms with Crippen LogP contribution in [0.4, 0.5) is 0 Å². The van der Waals surface area contributed by atoms with Gasteiger partial charge in [-0.3, -0.25) is 9.69 Å². The van der Waals surface area contributed by atoms with Crippen molar-refractivity contribution < 1.29 is 4.79 Å². The first kappa shape index (κ1) is 10.9. The van der Waals surface area contributed by atoms with Gasteiger partial charge in [-0.15, -0.1) is 0 Å². The van der Waals surface area contributed by atoms with Crippen LogP contribution in [0.1, 0.15) is 34.1 Å². The minimum atomic E-state index is 0.234. The second-order valence-electron chi connectivity index (χ2n) is 5.90. The summed E-state index contributed by atoms with van der Waals surface area (Å²) < 4.78 is 0. The van der Waals surface area contributed by atoms with E-state index in [4.69, 9.17) is 0 Å². The first-order chi connectivity index (χ1) is 6.89. The Morgan fingerprint density at radius 3 is 2.47 bits per heavy atom. The molecule has 0 spiro atoms. The molecule has 0 aromatic heterocycles. The van der Waals surface area contributed by atoms with Gasteiger partial charge >= 0.3 is 0 Å². The van der Waals surface area contributed by atoms with E-state index in [0.717, 1.165) is 13.1 Å². The lowest BCUT2D eigenvalue weighted by molar-refractivity contribution is -0.128. The maximum absolute atomic E-state index is 11.3. The van der Waals surface area contributed by atoms with Crippen LogP contribution in [0.15, 0.2) is 0 Å². The molecule has 0 aliphatic carbocycles. The van der Waals surface area contributed by atoms with Crippen molar-refractivity contribution in [3.8, 4) is 0 Å². The Morgan fingerprint density at radius 2 is 1.93 bits per heavy atom. The van der Waals surface area contributed by atoms with E-state index in [2.05, 4.69) is 25.7 Å². The molecule has 1 amide bonds. The molecule has 86 valence electrons. The highest BCUT2D eigenvalue weighted by molar-refractivity contribution is 5.73. The van der Waals surface area contributed by atoms with Crippen LogP contribution in [-0.2, 0) is 4.79 Å². The zero-order valence-electron chi connectivity index (χ0n) is 10.3. The molecule has 2 saturated heterocycles. The summed E-state index contributed by atoms with van der Waals surface area (Å²) in [5.74, 6) is 0.950. The molecule has 2 atom stereocenters. The van der Waals surface area contributed by atoms with Crippen molar-refractivity contribution in [1.29, 1.82) is 0 Å². The van der Waals surface area contributed by atoms with Crippen molar-refractivity contribution in [2.45, 2.75) is 45.7 Å². The van der Waals surface area contributed by atoms with Crippen molar-refractivity contribution in [2.75, 3.05) is 19.6 Å². The lowest BCUT2D eigenvalue weighted by Crippen LogP contribution is -2.47. The Hall–Kier alpha value is -0.570. The van der Waals surface area contributed by atoms with Gasteiger partial charge in [0, 0.05) is 31.6 Å². The monoisotopic (exact) mass is 210 g/mol. The van der Waals surface area contributed by atoms with Crippen LogP contribution in [0.5, 0.6) is 0 Å². The first-order valence-corrected chi connectivity index (χ1v) is 5.92. The highest BCUT2D eigenvalue weighted by Gasteiger charge is 2.45. The van der Waals surface area contributed by atoms with E-state index < -0.39 is 0 Å². The van der Waals surface area contributed by atoms with E-state index in [9.17, 15) is 4.79 Å². The molecule has 0 saturated carbocycles. The lowest BCUT2D eigenvalue weighted by atomic mass is 10.0. The topological polar surface area (TPSA) is 23.6 Å². The Kier molecular flexibility index (Phi) is 2.53. The number of hydrogen-bond acceptors (Lipinski definition) is 2. The summed E-state index contributed by atoms with van der Waals surface area (Å²) in [5.41, 5.74) is 0.242. The minimum Gasteiger partial charge on any atom is -0.341 e. The summed E-state index contributed by atoms with van der Waals surface area (Å²) >= 11 is 0. The van der Waals surface area contributed by atoms with Crippen LogP contribution in [0.3, 0.4) is 0 Å². The molecular formula is C12H22N2O. The van der Waals surface area contributed by atoms with Crippen LogP contribution in [0.2, 0.25) is 0 Å². The molecule has 2 fully saturated rings. The van der Waals surface area contributed by atoms with Gasteiger partial charge in [0.15, 0.2) is 0 Å². The molecule has 2 aliphatic heterocycles. The quantitative estimate of drug-likeness (QED) is 0.602. The van der Waals surface area contributed by atoms with Crippen molar-refractivity contribution in [3.05, 3.63) is 0 Å². The van der Waals surface area contributed by atoms with E-state index in [1.165, 1.54) is 13.0 Å². The molecule has 2 unspecified atom stereocenters. The van der Waals surface area contributed by atoms with E-state index in [1.807, 2.05) is 4.90 Å². The number of fused-ring (bicyclic) bond motifs is 1. The number of carbonyl (C=O) groups is 1. The Bertz CT molecular complexity index is 269. The first-order valence-electron chi connectivity index (χ1n) is 5.92. The molecule has 15 heavy (non-hydrogen) atoms. The molecule has 0 radical (unpaired) electrons. The molecule has 2 rings (SSSR count). The zero-order chi connectivity index (χ0) is 11.2. The average molecular weight is 210 g/mol. The van der Waals surface area contributed by atoms with Crippen LogP contribution in [0.25, 0.3) is 0 Å². The smallest absolute Gasteiger partial charge is 0.219 e. The van der Waals surface area contributed by atoms with Gasteiger partial charge in [-0.1, -0.05) is 0 Å². The summed E-state index contributed by atoms with van der Waals surface area (Å²) in [6, 6.07) is 0.605. The van der Waals surface area contributed by atoms with Crippen molar-refractivity contribution in [2.24, 2.45) is 5.92 Å². The lowest BCUT2D eigenvalue weighted by Gasteiger charge is -2.36. The van der Waals surface area contributed by atoms with E-state index in [0.29, 0.717) is 12.0 Å². The van der Waals surface area contributed by atoms with E-state index >= 15 is 0 Å². The second-order valence-corrected chi connectivity index (χ2v) is 5.90. The fourth-order valence-corrected chi connectivity index (χ4v) is 3.05. The number of nitrogens with zero attached hydrogens (tertiary/aromatic N) is 2. The maximum Gasteiger partial charge on any atom is 0.219 e. The van der Waals surface area contributed by atoms with Gasteiger partial charge in [0.25, 0.3) is 0 Å². The van der Waals surface area contributed by atoms with Crippen molar-refractivity contribution in [1.82, 2.24) is 9.80 Å².